The number of cyclic esters (lactones) is 1. The van der Waals surface area contributed by atoms with Crippen molar-refractivity contribution in [1.82, 2.24) is 4.90 Å². The van der Waals surface area contributed by atoms with E-state index < -0.39 is 12.0 Å². The van der Waals surface area contributed by atoms with Crippen molar-refractivity contribution in [2.75, 3.05) is 0 Å². The van der Waals surface area contributed by atoms with Crippen molar-refractivity contribution in [1.29, 1.82) is 5.26 Å². The van der Waals surface area contributed by atoms with Gasteiger partial charge in [-0.3, -0.25) is 4.79 Å². The fraction of sp³-hybridized carbons (Fsp3) is 0.0417. The summed E-state index contributed by atoms with van der Waals surface area (Å²) in [7, 11) is 0. The topological polar surface area (TPSA) is 70.4 Å². The summed E-state index contributed by atoms with van der Waals surface area (Å²) in [4.78, 5) is 26.7. The first kappa shape index (κ1) is 18.2. The van der Waals surface area contributed by atoms with Crippen LogP contribution in [0, 0.1) is 11.3 Å². The van der Waals surface area contributed by atoms with Gasteiger partial charge in [-0.1, -0.05) is 72.8 Å². The highest BCUT2D eigenvalue weighted by Crippen LogP contribution is 2.32. The molecular formula is C24H16N2O3. The molecule has 0 spiro atoms. The van der Waals surface area contributed by atoms with Crippen molar-refractivity contribution >= 4 is 17.6 Å². The van der Waals surface area contributed by atoms with Gasteiger partial charge < -0.3 is 4.74 Å². The van der Waals surface area contributed by atoms with Crippen LogP contribution in [0.2, 0.25) is 0 Å². The Balaban J connectivity index is 1.79. The SMILES string of the molecule is N#Cc1ccc(/C(=C2/OC(=O)N(Cc3ccccc3)C2=O)c2ccccc2)cc1. The summed E-state index contributed by atoms with van der Waals surface area (Å²) in [6, 6.07) is 27.4. The normalized spacial score (nSPS) is 15.1. The molecule has 0 aliphatic carbocycles. The van der Waals surface area contributed by atoms with Gasteiger partial charge in [0.05, 0.1) is 18.2 Å². The summed E-state index contributed by atoms with van der Waals surface area (Å²) < 4.78 is 5.44. The minimum atomic E-state index is -0.698. The maximum absolute atomic E-state index is 13.1. The standard InChI is InChI=1S/C24H16N2O3/c25-15-17-11-13-20(14-12-17)21(19-9-5-2-6-10-19)22-23(27)26(24(28)29-22)16-18-7-3-1-4-8-18/h1-14H,16H2/b22-21+. The Morgan fingerprint density at radius 2 is 1.41 bits per heavy atom. The number of amides is 2. The van der Waals surface area contributed by atoms with Crippen LogP contribution in [0.15, 0.2) is 90.7 Å². The van der Waals surface area contributed by atoms with E-state index in [0.717, 1.165) is 16.0 Å². The van der Waals surface area contributed by atoms with Crippen LogP contribution in [0.4, 0.5) is 4.79 Å². The van der Waals surface area contributed by atoms with Crippen molar-refractivity contribution in [2.45, 2.75) is 6.54 Å². The second-order valence-electron chi connectivity index (χ2n) is 6.50. The smallest absolute Gasteiger partial charge is 0.403 e. The number of hydrogen-bond donors (Lipinski definition) is 0. The molecule has 0 unspecified atom stereocenters. The molecule has 1 aliphatic heterocycles. The van der Waals surface area contributed by atoms with E-state index in [1.54, 1.807) is 24.3 Å². The zero-order valence-electron chi connectivity index (χ0n) is 15.4. The van der Waals surface area contributed by atoms with E-state index in [9.17, 15) is 9.59 Å². The van der Waals surface area contributed by atoms with Crippen LogP contribution in [0.3, 0.4) is 0 Å². The van der Waals surface area contributed by atoms with E-state index in [4.69, 9.17) is 10.00 Å². The summed E-state index contributed by atoms with van der Waals surface area (Å²) in [5.41, 5.74) is 3.29. The number of imide groups is 1. The molecule has 0 aromatic heterocycles. The molecule has 1 fully saturated rings. The molecule has 0 bridgehead atoms. The predicted molar refractivity (Wildman–Crippen MR) is 107 cm³/mol. The molecule has 5 heteroatoms. The lowest BCUT2D eigenvalue weighted by Gasteiger charge is -2.11. The number of carbonyl (C=O) groups excluding carboxylic acids is 2. The molecule has 3 aromatic rings. The third kappa shape index (κ3) is 3.64. The van der Waals surface area contributed by atoms with E-state index in [1.165, 1.54) is 0 Å². The number of rotatable bonds is 4. The minimum absolute atomic E-state index is 0.0122. The summed E-state index contributed by atoms with van der Waals surface area (Å²) >= 11 is 0. The lowest BCUT2D eigenvalue weighted by Crippen LogP contribution is -2.28. The first-order valence-electron chi connectivity index (χ1n) is 9.05. The Labute approximate surface area is 168 Å². The predicted octanol–water partition coefficient (Wildman–Crippen LogP) is 4.50. The molecule has 1 saturated heterocycles. The molecular weight excluding hydrogens is 364 g/mol. The van der Waals surface area contributed by atoms with Crippen LogP contribution < -0.4 is 0 Å². The summed E-state index contributed by atoms with van der Waals surface area (Å²) in [6.45, 7) is 0.136. The van der Waals surface area contributed by atoms with Crippen LogP contribution in [0.5, 0.6) is 0 Å². The van der Waals surface area contributed by atoms with Gasteiger partial charge in [-0.2, -0.15) is 5.26 Å². The van der Waals surface area contributed by atoms with Crippen LogP contribution in [0.1, 0.15) is 22.3 Å². The largest absolute Gasteiger partial charge is 0.422 e. The number of ether oxygens (including phenoxy) is 1. The summed E-state index contributed by atoms with van der Waals surface area (Å²) in [5.74, 6) is -0.496. The fourth-order valence-electron chi connectivity index (χ4n) is 3.20. The van der Waals surface area contributed by atoms with Crippen LogP contribution in [-0.2, 0) is 16.1 Å². The summed E-state index contributed by atoms with van der Waals surface area (Å²) in [6.07, 6.45) is -0.698. The molecule has 1 aliphatic rings. The number of benzene rings is 3. The molecule has 2 amide bonds. The summed E-state index contributed by atoms with van der Waals surface area (Å²) in [5, 5.41) is 9.06. The molecule has 0 radical (unpaired) electrons. The molecule has 29 heavy (non-hydrogen) atoms. The van der Waals surface area contributed by atoms with E-state index in [1.807, 2.05) is 60.7 Å². The van der Waals surface area contributed by atoms with Gasteiger partial charge in [-0.15, -0.1) is 0 Å². The average Bonchev–Trinajstić information content (AvgIpc) is 3.04. The molecule has 140 valence electrons. The Kier molecular flexibility index (Phi) is 4.91. The second kappa shape index (κ2) is 7.83. The monoisotopic (exact) mass is 380 g/mol. The van der Waals surface area contributed by atoms with Crippen molar-refractivity contribution < 1.29 is 14.3 Å². The van der Waals surface area contributed by atoms with E-state index >= 15 is 0 Å². The van der Waals surface area contributed by atoms with Crippen molar-refractivity contribution in [3.63, 3.8) is 0 Å². The molecule has 0 N–H and O–H groups in total. The zero-order valence-corrected chi connectivity index (χ0v) is 15.4. The van der Waals surface area contributed by atoms with Gasteiger partial charge in [0.2, 0.25) is 5.76 Å². The van der Waals surface area contributed by atoms with E-state index in [2.05, 4.69) is 6.07 Å². The molecule has 3 aromatic carbocycles. The minimum Gasteiger partial charge on any atom is -0.403 e. The van der Waals surface area contributed by atoms with Gasteiger partial charge in [0.15, 0.2) is 0 Å². The van der Waals surface area contributed by atoms with Gasteiger partial charge in [-0.05, 0) is 28.8 Å². The van der Waals surface area contributed by atoms with Gasteiger partial charge >= 0.3 is 6.09 Å². The maximum Gasteiger partial charge on any atom is 0.422 e. The van der Waals surface area contributed by atoms with Crippen LogP contribution in [-0.4, -0.2) is 16.9 Å². The number of nitriles is 1. The Morgan fingerprint density at radius 1 is 0.828 bits per heavy atom. The first-order valence-corrected chi connectivity index (χ1v) is 9.05. The van der Waals surface area contributed by atoms with Gasteiger partial charge in [0.25, 0.3) is 5.91 Å². The van der Waals surface area contributed by atoms with Gasteiger partial charge in [0, 0.05) is 5.57 Å². The third-order valence-electron chi connectivity index (χ3n) is 4.62. The highest BCUT2D eigenvalue weighted by atomic mass is 16.6. The molecule has 0 saturated carbocycles. The highest BCUT2D eigenvalue weighted by molar-refractivity contribution is 6.13. The molecule has 0 atom stereocenters. The third-order valence-corrected chi connectivity index (χ3v) is 4.62. The average molecular weight is 380 g/mol. The molecule has 1 heterocycles. The molecule has 5 nitrogen and oxygen atoms in total. The first-order chi connectivity index (χ1) is 14.2. The van der Waals surface area contributed by atoms with Crippen molar-refractivity contribution in [3.05, 3.63) is 113 Å². The fourth-order valence-corrected chi connectivity index (χ4v) is 3.20. The van der Waals surface area contributed by atoms with Crippen LogP contribution >= 0.6 is 0 Å². The quantitative estimate of drug-likeness (QED) is 0.625. The maximum atomic E-state index is 13.1. The zero-order chi connectivity index (χ0) is 20.2. The lowest BCUT2D eigenvalue weighted by atomic mass is 9.95. The van der Waals surface area contributed by atoms with Gasteiger partial charge in [-0.25, -0.2) is 9.69 Å². The van der Waals surface area contributed by atoms with Gasteiger partial charge in [0.1, 0.15) is 0 Å². The van der Waals surface area contributed by atoms with Crippen molar-refractivity contribution in [3.8, 4) is 6.07 Å². The lowest BCUT2D eigenvalue weighted by molar-refractivity contribution is -0.123. The van der Waals surface area contributed by atoms with Crippen LogP contribution in [0.25, 0.3) is 5.57 Å². The second-order valence-corrected chi connectivity index (χ2v) is 6.50. The number of hydrogen-bond acceptors (Lipinski definition) is 4. The Hall–Kier alpha value is -4.17. The molecule has 4 rings (SSSR count). The number of carbonyl (C=O) groups is 2. The van der Waals surface area contributed by atoms with E-state index in [0.29, 0.717) is 16.7 Å². The highest BCUT2D eigenvalue weighted by Gasteiger charge is 2.39. The Bertz CT molecular complexity index is 1130. The Morgan fingerprint density at radius 3 is 2.03 bits per heavy atom. The number of nitrogens with zero attached hydrogens (tertiary/aromatic N) is 2. The van der Waals surface area contributed by atoms with E-state index in [-0.39, 0.29) is 12.3 Å². The van der Waals surface area contributed by atoms with Crippen molar-refractivity contribution in [2.24, 2.45) is 0 Å².